The van der Waals surface area contributed by atoms with Gasteiger partial charge in [0.05, 0.1) is 9.52 Å². The molecule has 0 bridgehead atoms. The van der Waals surface area contributed by atoms with Gasteiger partial charge in [-0.2, -0.15) is 41.6 Å². The van der Waals surface area contributed by atoms with Gasteiger partial charge in [-0.05, 0) is 46.9 Å². The summed E-state index contributed by atoms with van der Waals surface area (Å²) in [6.45, 7) is 13.7. The first kappa shape index (κ1) is 43.2. The Morgan fingerprint density at radius 2 is 0.948 bits per heavy atom. The van der Waals surface area contributed by atoms with Crippen molar-refractivity contribution in [2.45, 2.75) is 91.9 Å². The third kappa shape index (κ3) is 9.56. The molecule has 2 unspecified atom stereocenters. The van der Waals surface area contributed by atoms with E-state index in [1.807, 2.05) is 6.07 Å². The molecule has 8 aromatic rings. The van der Waals surface area contributed by atoms with E-state index in [-0.39, 0.29) is 25.8 Å². The van der Waals surface area contributed by atoms with Gasteiger partial charge in [-0.1, -0.05) is 174 Å². The standard InChI is InChI=1S/2C22H25.C12H7Si.Hf/c2*1-4-9-17-10-6-7-12-20(17)21-13-8-11-18-14-19(15-22(18)21)16(3)5-2;1-3-7-11-9(5-1)10-6-2-4-8-12(10)13-11;/h2*6-8,10-16H,4-5,9H2,1-3H3;1-7H;/q3*-1;. The average Bonchev–Trinajstić information content (AvgIpc) is 4.00. The second-order valence-electron chi connectivity index (χ2n) is 15.8. The van der Waals surface area contributed by atoms with E-state index in [9.17, 15) is 0 Å². The number of rotatable bonds is 10. The zero-order chi connectivity index (χ0) is 39.7. The van der Waals surface area contributed by atoms with Crippen LogP contribution in [0.4, 0.5) is 0 Å². The van der Waals surface area contributed by atoms with Gasteiger partial charge in [-0.25, -0.2) is 0 Å². The van der Waals surface area contributed by atoms with Gasteiger partial charge in [-0.3, -0.25) is 0 Å². The van der Waals surface area contributed by atoms with Gasteiger partial charge < -0.3 is 0 Å². The molecule has 2 radical (unpaired) electrons. The summed E-state index contributed by atoms with van der Waals surface area (Å²) in [6.07, 6.45) is 7.05. The minimum Gasteiger partial charge on any atom is -0.184 e. The number of hydrogen-bond acceptors (Lipinski definition) is 0. The van der Waals surface area contributed by atoms with Gasteiger partial charge in [0.25, 0.3) is 0 Å². The summed E-state index contributed by atoms with van der Waals surface area (Å²) in [5, 5.41) is 8.38. The molecule has 0 saturated heterocycles. The second-order valence-corrected chi connectivity index (χ2v) is 17.0. The smallest absolute Gasteiger partial charge is 0.0920 e. The molecular weight excluding hydrogens is 879 g/mol. The summed E-state index contributed by atoms with van der Waals surface area (Å²) < 4.78 is 0. The fraction of sp³-hybridized carbons (Fsp3) is 0.250. The van der Waals surface area contributed by atoms with Crippen molar-refractivity contribution < 1.29 is 25.8 Å². The van der Waals surface area contributed by atoms with Crippen molar-refractivity contribution >= 4 is 41.4 Å². The molecule has 2 heteroatoms. The minimum atomic E-state index is 0. The summed E-state index contributed by atoms with van der Waals surface area (Å²) in [6, 6.07) is 58.9. The van der Waals surface area contributed by atoms with E-state index in [4.69, 9.17) is 0 Å². The molecule has 0 aliphatic carbocycles. The number of fused-ring (bicyclic) bond motifs is 5. The molecule has 292 valence electrons. The van der Waals surface area contributed by atoms with Crippen molar-refractivity contribution in [3.05, 3.63) is 180 Å². The van der Waals surface area contributed by atoms with Gasteiger partial charge in [0.2, 0.25) is 0 Å². The van der Waals surface area contributed by atoms with E-state index < -0.39 is 0 Å². The third-order valence-corrected chi connectivity index (χ3v) is 13.3. The Morgan fingerprint density at radius 1 is 0.500 bits per heavy atom. The molecular formula is C56H57HfSi-3. The Bertz CT molecular complexity index is 2370. The summed E-state index contributed by atoms with van der Waals surface area (Å²) in [5.74, 6) is 1.26. The topological polar surface area (TPSA) is 0 Å². The van der Waals surface area contributed by atoms with E-state index >= 15 is 0 Å². The Kier molecular flexibility index (Phi) is 15.3. The van der Waals surface area contributed by atoms with Crippen LogP contribution in [0.15, 0.2) is 152 Å². The van der Waals surface area contributed by atoms with Crippen molar-refractivity contribution in [3.63, 3.8) is 0 Å². The molecule has 2 atom stereocenters. The van der Waals surface area contributed by atoms with Crippen LogP contribution in [0.2, 0.25) is 0 Å². The van der Waals surface area contributed by atoms with Crippen molar-refractivity contribution in [1.29, 1.82) is 0 Å². The largest absolute Gasteiger partial charge is 0.184 e. The van der Waals surface area contributed by atoms with E-state index in [1.165, 1.54) is 113 Å². The monoisotopic (exact) mass is 937 g/mol. The Balaban J connectivity index is 0.000000150. The van der Waals surface area contributed by atoms with Crippen LogP contribution in [0.5, 0.6) is 0 Å². The maximum absolute atomic E-state index is 3.31. The maximum Gasteiger partial charge on any atom is 0.0920 e. The zero-order valence-electron chi connectivity index (χ0n) is 35.3. The third-order valence-electron chi connectivity index (χ3n) is 11.9. The van der Waals surface area contributed by atoms with Gasteiger partial charge in [0.15, 0.2) is 0 Å². The fourth-order valence-corrected chi connectivity index (χ4v) is 9.60. The predicted molar refractivity (Wildman–Crippen MR) is 251 cm³/mol. The van der Waals surface area contributed by atoms with Crippen molar-refractivity contribution in [2.24, 2.45) is 0 Å². The van der Waals surface area contributed by atoms with E-state index in [1.54, 1.807) is 0 Å². The Morgan fingerprint density at radius 3 is 1.45 bits per heavy atom. The molecule has 8 aromatic carbocycles. The zero-order valence-corrected chi connectivity index (χ0v) is 39.9. The summed E-state index contributed by atoms with van der Waals surface area (Å²) >= 11 is 0. The van der Waals surface area contributed by atoms with Crippen molar-refractivity contribution in [1.82, 2.24) is 0 Å². The molecule has 0 amide bonds. The molecule has 1 heterocycles. The first-order chi connectivity index (χ1) is 27.9. The first-order valence-corrected chi connectivity index (χ1v) is 22.4. The minimum absolute atomic E-state index is 0. The number of aryl methyl sites for hydroxylation is 2. The molecule has 0 fully saturated rings. The van der Waals surface area contributed by atoms with Crippen LogP contribution in [0.3, 0.4) is 0 Å². The summed E-state index contributed by atoms with van der Waals surface area (Å²) in [4.78, 5) is 0. The summed E-state index contributed by atoms with van der Waals surface area (Å²) in [5.41, 5.74) is 14.2. The Hall–Kier alpha value is -4.37. The fourth-order valence-electron chi connectivity index (χ4n) is 8.29. The van der Waals surface area contributed by atoms with Gasteiger partial charge in [0, 0.05) is 25.8 Å². The van der Waals surface area contributed by atoms with Crippen LogP contribution >= 0.6 is 0 Å². The van der Waals surface area contributed by atoms with Crippen LogP contribution in [0.25, 0.3) is 54.9 Å². The van der Waals surface area contributed by atoms with Crippen LogP contribution in [0, 0.1) is 6.07 Å². The van der Waals surface area contributed by atoms with Crippen LogP contribution in [0.1, 0.15) is 101 Å². The molecule has 1 aliphatic heterocycles. The Labute approximate surface area is 370 Å². The van der Waals surface area contributed by atoms with Crippen molar-refractivity contribution in [2.75, 3.05) is 0 Å². The van der Waals surface area contributed by atoms with Crippen molar-refractivity contribution in [3.8, 4) is 33.4 Å². The number of benzene rings is 6. The molecule has 0 saturated carbocycles. The quantitative estimate of drug-likeness (QED) is 0.0947. The molecule has 1 aliphatic rings. The molecule has 58 heavy (non-hydrogen) atoms. The van der Waals surface area contributed by atoms with E-state index in [0.29, 0.717) is 11.8 Å². The summed E-state index contributed by atoms with van der Waals surface area (Å²) in [7, 11) is 0.795. The van der Waals surface area contributed by atoms with Gasteiger partial charge in [0.1, 0.15) is 0 Å². The van der Waals surface area contributed by atoms with Gasteiger partial charge >= 0.3 is 0 Å². The first-order valence-electron chi connectivity index (χ1n) is 21.4. The van der Waals surface area contributed by atoms with Crippen LogP contribution < -0.4 is 10.4 Å². The predicted octanol–water partition coefficient (Wildman–Crippen LogP) is 14.5. The van der Waals surface area contributed by atoms with Gasteiger partial charge in [-0.15, -0.1) is 74.6 Å². The maximum atomic E-state index is 3.31. The van der Waals surface area contributed by atoms with E-state index in [0.717, 1.165) is 22.4 Å². The molecule has 0 N–H and O–H groups in total. The average molecular weight is 937 g/mol. The number of hydrogen-bond donors (Lipinski definition) is 0. The SMILES string of the molecule is CCCc1ccccc1-c1cccc2[cH-]c(C(C)CC)cc12.CCCc1ccccc1-c1cccc2[cH-]c(C(C)CC)cc12.[Hf].[c-]1cccc2c1[Si]c1ccccc1-2. The molecule has 0 aromatic heterocycles. The van der Waals surface area contributed by atoms with Crippen LogP contribution in [-0.2, 0) is 38.7 Å². The second kappa shape index (κ2) is 20.5. The molecule has 0 spiro atoms. The molecule has 0 nitrogen and oxygen atoms in total. The van der Waals surface area contributed by atoms with Crippen LogP contribution in [-0.4, -0.2) is 9.52 Å². The van der Waals surface area contributed by atoms with E-state index in [2.05, 4.69) is 193 Å². The normalized spacial score (nSPS) is 12.4. The molecule has 9 rings (SSSR count).